The van der Waals surface area contributed by atoms with Gasteiger partial charge in [0.1, 0.15) is 11.4 Å². The van der Waals surface area contributed by atoms with Gasteiger partial charge in [-0.1, -0.05) is 42.5 Å². The van der Waals surface area contributed by atoms with E-state index in [1.807, 2.05) is 51.1 Å². The zero-order valence-corrected chi connectivity index (χ0v) is 15.0. The van der Waals surface area contributed by atoms with E-state index in [-0.39, 0.29) is 17.6 Å². The van der Waals surface area contributed by atoms with Gasteiger partial charge < -0.3 is 0 Å². The van der Waals surface area contributed by atoms with Crippen LogP contribution in [0.15, 0.2) is 59.6 Å². The Kier molecular flexibility index (Phi) is 4.59. The zero-order chi connectivity index (χ0) is 18.9. The molecule has 1 amide bonds. The number of nitro groups is 1. The molecular weight excluding hydrogens is 330 g/mol. The summed E-state index contributed by atoms with van der Waals surface area (Å²) in [5.74, 6) is 0.639. The van der Waals surface area contributed by atoms with Crippen LogP contribution < -0.4 is 0 Å². The molecular formula is C20H21N3O3. The molecule has 26 heavy (non-hydrogen) atoms. The van der Waals surface area contributed by atoms with Crippen LogP contribution in [0.25, 0.3) is 0 Å². The van der Waals surface area contributed by atoms with Gasteiger partial charge in [0.25, 0.3) is 11.6 Å². The van der Waals surface area contributed by atoms with E-state index < -0.39 is 10.5 Å². The highest BCUT2D eigenvalue weighted by Gasteiger charge is 2.45. The van der Waals surface area contributed by atoms with E-state index in [2.05, 4.69) is 4.99 Å². The SMILES string of the molecule is CC1=NC(C)(Cc2ccc([N+](=O)[O-])cc2)C(=O)N1C(C)c1ccccc1. The fourth-order valence-electron chi connectivity index (χ4n) is 3.45. The summed E-state index contributed by atoms with van der Waals surface area (Å²) in [7, 11) is 0. The van der Waals surface area contributed by atoms with Crippen LogP contribution in [0.2, 0.25) is 0 Å². The van der Waals surface area contributed by atoms with Crippen LogP contribution in [0.3, 0.4) is 0 Å². The van der Waals surface area contributed by atoms with Crippen molar-refractivity contribution >= 4 is 17.4 Å². The van der Waals surface area contributed by atoms with Crippen LogP contribution in [0.5, 0.6) is 0 Å². The second-order valence-electron chi connectivity index (χ2n) is 6.80. The minimum atomic E-state index is -0.900. The molecule has 2 aromatic rings. The van der Waals surface area contributed by atoms with Crippen molar-refractivity contribution in [3.63, 3.8) is 0 Å². The lowest BCUT2D eigenvalue weighted by Crippen LogP contribution is -2.42. The number of hydrogen-bond donors (Lipinski definition) is 0. The normalized spacial score (nSPS) is 20.8. The minimum absolute atomic E-state index is 0.0376. The van der Waals surface area contributed by atoms with Crippen molar-refractivity contribution in [3.05, 3.63) is 75.8 Å². The number of benzene rings is 2. The third kappa shape index (κ3) is 3.22. The van der Waals surface area contributed by atoms with E-state index in [0.29, 0.717) is 12.3 Å². The Labute approximate surface area is 152 Å². The third-order valence-electron chi connectivity index (χ3n) is 4.80. The number of amidine groups is 1. The fraction of sp³-hybridized carbons (Fsp3) is 0.300. The number of carbonyl (C=O) groups is 1. The molecule has 1 aliphatic rings. The largest absolute Gasteiger partial charge is 0.291 e. The molecule has 0 fully saturated rings. The Bertz CT molecular complexity index is 862. The number of hydrogen-bond acceptors (Lipinski definition) is 4. The number of nitro benzene ring substituents is 1. The number of rotatable bonds is 5. The summed E-state index contributed by atoms with van der Waals surface area (Å²) in [6.07, 6.45) is 0.402. The number of amides is 1. The smallest absolute Gasteiger partial charge is 0.269 e. The molecule has 134 valence electrons. The zero-order valence-electron chi connectivity index (χ0n) is 15.0. The average molecular weight is 351 g/mol. The first-order valence-corrected chi connectivity index (χ1v) is 8.50. The molecule has 2 aromatic carbocycles. The maximum absolute atomic E-state index is 13.1. The van der Waals surface area contributed by atoms with E-state index in [9.17, 15) is 14.9 Å². The summed E-state index contributed by atoms with van der Waals surface area (Å²) in [6.45, 7) is 5.65. The Morgan fingerprint density at radius 3 is 2.35 bits per heavy atom. The lowest BCUT2D eigenvalue weighted by atomic mass is 9.92. The molecule has 0 N–H and O–H groups in total. The molecule has 1 heterocycles. The van der Waals surface area contributed by atoms with Crippen LogP contribution in [-0.2, 0) is 11.2 Å². The van der Waals surface area contributed by atoms with Crippen LogP contribution in [0, 0.1) is 10.1 Å². The number of nitrogens with zero attached hydrogens (tertiary/aromatic N) is 3. The third-order valence-corrected chi connectivity index (χ3v) is 4.80. The average Bonchev–Trinajstić information content (AvgIpc) is 2.84. The van der Waals surface area contributed by atoms with Gasteiger partial charge in [-0.05, 0) is 31.9 Å². The molecule has 0 saturated heterocycles. The lowest BCUT2D eigenvalue weighted by Gasteiger charge is -2.28. The van der Waals surface area contributed by atoms with E-state index in [4.69, 9.17) is 0 Å². The second kappa shape index (κ2) is 6.71. The maximum atomic E-state index is 13.1. The molecule has 2 unspecified atom stereocenters. The predicted molar refractivity (Wildman–Crippen MR) is 100 cm³/mol. The van der Waals surface area contributed by atoms with Crippen molar-refractivity contribution in [3.8, 4) is 0 Å². The van der Waals surface area contributed by atoms with Gasteiger partial charge in [-0.15, -0.1) is 0 Å². The standard InChI is InChI=1S/C20H21N3O3/c1-14(17-7-5-4-6-8-17)22-15(2)21-20(3,19(22)24)13-16-9-11-18(12-10-16)23(25)26/h4-12,14H,13H2,1-3H3. The van der Waals surface area contributed by atoms with Gasteiger partial charge in [0.05, 0.1) is 11.0 Å². The van der Waals surface area contributed by atoms with Crippen molar-refractivity contribution in [2.75, 3.05) is 0 Å². The van der Waals surface area contributed by atoms with E-state index in [1.54, 1.807) is 17.0 Å². The first kappa shape index (κ1) is 17.8. The molecule has 6 nitrogen and oxygen atoms in total. The molecule has 0 bridgehead atoms. The summed E-state index contributed by atoms with van der Waals surface area (Å²) < 4.78 is 0. The molecule has 3 rings (SSSR count). The molecule has 0 spiro atoms. The number of non-ortho nitro benzene ring substituents is 1. The molecule has 0 radical (unpaired) electrons. The van der Waals surface area contributed by atoms with Gasteiger partial charge in [-0.3, -0.25) is 24.8 Å². The lowest BCUT2D eigenvalue weighted by molar-refractivity contribution is -0.384. The van der Waals surface area contributed by atoms with Crippen molar-refractivity contribution in [2.45, 2.75) is 38.8 Å². The molecule has 1 aliphatic heterocycles. The quantitative estimate of drug-likeness (QED) is 0.605. The van der Waals surface area contributed by atoms with Crippen molar-refractivity contribution < 1.29 is 9.72 Å². The molecule has 2 atom stereocenters. The molecule has 6 heteroatoms. The maximum Gasteiger partial charge on any atom is 0.269 e. The Morgan fingerprint density at radius 1 is 1.15 bits per heavy atom. The highest BCUT2D eigenvalue weighted by atomic mass is 16.6. The van der Waals surface area contributed by atoms with Crippen molar-refractivity contribution in [1.29, 1.82) is 0 Å². The molecule has 0 aromatic heterocycles. The van der Waals surface area contributed by atoms with Gasteiger partial charge in [-0.25, -0.2) is 0 Å². The van der Waals surface area contributed by atoms with Crippen LogP contribution in [0.1, 0.15) is 37.9 Å². The highest BCUT2D eigenvalue weighted by molar-refractivity contribution is 6.07. The summed E-state index contributed by atoms with van der Waals surface area (Å²) in [6, 6.07) is 16.0. The Balaban J connectivity index is 1.82. The fourth-order valence-corrected chi connectivity index (χ4v) is 3.45. The predicted octanol–water partition coefficient (Wildman–Crippen LogP) is 3.92. The van der Waals surface area contributed by atoms with Gasteiger partial charge in [0.15, 0.2) is 0 Å². The summed E-state index contributed by atoms with van der Waals surface area (Å²) in [5.41, 5.74) is 1.03. The monoisotopic (exact) mass is 351 g/mol. The van der Waals surface area contributed by atoms with Gasteiger partial charge >= 0.3 is 0 Å². The molecule has 0 saturated carbocycles. The summed E-state index contributed by atoms with van der Waals surface area (Å²) in [5, 5.41) is 10.8. The van der Waals surface area contributed by atoms with Gasteiger partial charge in [0, 0.05) is 18.6 Å². The topological polar surface area (TPSA) is 75.8 Å². The van der Waals surface area contributed by atoms with Gasteiger partial charge in [-0.2, -0.15) is 0 Å². The van der Waals surface area contributed by atoms with E-state index in [1.165, 1.54) is 12.1 Å². The first-order valence-electron chi connectivity index (χ1n) is 8.50. The number of aliphatic imine (C=N–C) groups is 1. The van der Waals surface area contributed by atoms with E-state index in [0.717, 1.165) is 11.1 Å². The van der Waals surface area contributed by atoms with Crippen LogP contribution in [-0.4, -0.2) is 27.1 Å². The Hall–Kier alpha value is -3.02. The van der Waals surface area contributed by atoms with E-state index >= 15 is 0 Å². The number of carbonyl (C=O) groups excluding carboxylic acids is 1. The first-order chi connectivity index (χ1) is 12.3. The summed E-state index contributed by atoms with van der Waals surface area (Å²) >= 11 is 0. The minimum Gasteiger partial charge on any atom is -0.291 e. The van der Waals surface area contributed by atoms with Crippen LogP contribution >= 0.6 is 0 Å². The van der Waals surface area contributed by atoms with Crippen molar-refractivity contribution in [1.82, 2.24) is 4.90 Å². The highest BCUT2D eigenvalue weighted by Crippen LogP contribution is 2.33. The van der Waals surface area contributed by atoms with Crippen LogP contribution in [0.4, 0.5) is 5.69 Å². The second-order valence-corrected chi connectivity index (χ2v) is 6.80. The van der Waals surface area contributed by atoms with Crippen molar-refractivity contribution in [2.24, 2.45) is 4.99 Å². The summed E-state index contributed by atoms with van der Waals surface area (Å²) in [4.78, 5) is 29.9. The Morgan fingerprint density at radius 2 is 1.77 bits per heavy atom. The van der Waals surface area contributed by atoms with Gasteiger partial charge in [0.2, 0.25) is 0 Å². The molecule has 0 aliphatic carbocycles.